The molecule has 2 aromatic carbocycles. The van der Waals surface area contributed by atoms with Gasteiger partial charge in [0.1, 0.15) is 5.75 Å². The topological polar surface area (TPSA) is 119 Å². The SMILES string of the molecule is CCOc1ccccc1N1CC(C(=O)Nc2cccc(CS(N)(=O)=O)c2)CC1=O. The van der Waals surface area contributed by atoms with Crippen LogP contribution in [0, 0.1) is 5.92 Å². The molecule has 1 aliphatic heterocycles. The molecular weight excluding hydrogens is 394 g/mol. The van der Waals surface area contributed by atoms with Crippen LogP contribution in [0.25, 0.3) is 0 Å². The van der Waals surface area contributed by atoms with E-state index in [1.807, 2.05) is 19.1 Å². The number of ether oxygens (including phenoxy) is 1. The average molecular weight is 417 g/mol. The van der Waals surface area contributed by atoms with Crippen LogP contribution < -0.4 is 20.1 Å². The van der Waals surface area contributed by atoms with Gasteiger partial charge >= 0.3 is 0 Å². The van der Waals surface area contributed by atoms with E-state index in [0.29, 0.717) is 29.3 Å². The van der Waals surface area contributed by atoms with Crippen molar-refractivity contribution in [2.75, 3.05) is 23.4 Å². The molecule has 3 rings (SSSR count). The molecule has 1 atom stereocenters. The van der Waals surface area contributed by atoms with Gasteiger partial charge in [-0.3, -0.25) is 9.59 Å². The van der Waals surface area contributed by atoms with Crippen LogP contribution in [0.5, 0.6) is 5.75 Å². The zero-order valence-corrected chi connectivity index (χ0v) is 16.8. The molecule has 2 amide bonds. The number of hydrogen-bond donors (Lipinski definition) is 2. The van der Waals surface area contributed by atoms with E-state index in [4.69, 9.17) is 9.88 Å². The van der Waals surface area contributed by atoms with Gasteiger partial charge in [0.15, 0.2) is 0 Å². The predicted octanol–water partition coefficient (Wildman–Crippen LogP) is 1.87. The monoisotopic (exact) mass is 417 g/mol. The number of primary sulfonamides is 1. The van der Waals surface area contributed by atoms with E-state index in [1.165, 1.54) is 0 Å². The standard InChI is InChI=1S/C20H23N3O5S/c1-2-28-18-9-4-3-8-17(18)23-12-15(11-19(23)24)20(25)22-16-7-5-6-14(10-16)13-29(21,26)27/h3-10,15H,2,11-13H2,1H3,(H,22,25)(H2,21,26,27). The van der Waals surface area contributed by atoms with Gasteiger partial charge in [-0.25, -0.2) is 13.6 Å². The van der Waals surface area contributed by atoms with Crippen LogP contribution in [-0.2, 0) is 25.4 Å². The third-order valence-electron chi connectivity index (χ3n) is 4.51. The molecular formula is C20H23N3O5S. The van der Waals surface area contributed by atoms with E-state index >= 15 is 0 Å². The van der Waals surface area contributed by atoms with Gasteiger partial charge in [-0.15, -0.1) is 0 Å². The van der Waals surface area contributed by atoms with Gasteiger partial charge in [-0.05, 0) is 36.8 Å². The lowest BCUT2D eigenvalue weighted by atomic mass is 10.1. The second-order valence-corrected chi connectivity index (χ2v) is 8.42. The first-order valence-corrected chi connectivity index (χ1v) is 10.9. The number of carbonyl (C=O) groups is 2. The summed E-state index contributed by atoms with van der Waals surface area (Å²) in [6, 6.07) is 13.7. The Morgan fingerprint density at radius 2 is 2.00 bits per heavy atom. The zero-order chi connectivity index (χ0) is 21.0. The first-order valence-electron chi connectivity index (χ1n) is 9.19. The molecule has 154 valence electrons. The number of rotatable bonds is 7. The maximum Gasteiger partial charge on any atom is 0.229 e. The van der Waals surface area contributed by atoms with Gasteiger partial charge in [-0.1, -0.05) is 24.3 Å². The second kappa shape index (κ2) is 8.62. The summed E-state index contributed by atoms with van der Waals surface area (Å²) in [5.74, 6) is -0.706. The number of sulfonamides is 1. The number of nitrogens with two attached hydrogens (primary N) is 1. The first-order chi connectivity index (χ1) is 13.8. The lowest BCUT2D eigenvalue weighted by Crippen LogP contribution is -2.28. The zero-order valence-electron chi connectivity index (χ0n) is 16.0. The molecule has 0 aliphatic carbocycles. The van der Waals surface area contributed by atoms with Crippen LogP contribution in [0.15, 0.2) is 48.5 Å². The number of carbonyl (C=O) groups excluding carboxylic acids is 2. The fourth-order valence-electron chi connectivity index (χ4n) is 3.29. The number of nitrogens with one attached hydrogen (secondary N) is 1. The Labute approximate surface area is 169 Å². The fraction of sp³-hybridized carbons (Fsp3) is 0.300. The minimum atomic E-state index is -3.67. The third kappa shape index (κ3) is 5.33. The van der Waals surface area contributed by atoms with Crippen molar-refractivity contribution in [2.45, 2.75) is 19.1 Å². The van der Waals surface area contributed by atoms with Crippen LogP contribution in [0.3, 0.4) is 0 Å². The number of benzene rings is 2. The Bertz CT molecular complexity index is 1020. The summed E-state index contributed by atoms with van der Waals surface area (Å²) in [6.45, 7) is 2.58. The average Bonchev–Trinajstić information content (AvgIpc) is 3.03. The van der Waals surface area contributed by atoms with Crippen LogP contribution in [0.4, 0.5) is 11.4 Å². The molecule has 8 nitrogen and oxygen atoms in total. The number of nitrogens with zero attached hydrogens (tertiary/aromatic N) is 1. The van der Waals surface area contributed by atoms with E-state index in [-0.39, 0.29) is 30.5 Å². The van der Waals surface area contributed by atoms with E-state index < -0.39 is 15.9 Å². The molecule has 2 aromatic rings. The molecule has 0 bridgehead atoms. The summed E-state index contributed by atoms with van der Waals surface area (Å²) in [7, 11) is -3.67. The highest BCUT2D eigenvalue weighted by Gasteiger charge is 2.36. The first kappa shape index (κ1) is 20.8. The van der Waals surface area contributed by atoms with Crippen molar-refractivity contribution in [3.05, 3.63) is 54.1 Å². The lowest BCUT2D eigenvalue weighted by Gasteiger charge is -2.20. The van der Waals surface area contributed by atoms with Crippen molar-refractivity contribution in [3.8, 4) is 5.75 Å². The molecule has 1 saturated heterocycles. The normalized spacial score (nSPS) is 16.7. The third-order valence-corrected chi connectivity index (χ3v) is 5.25. The van der Waals surface area contributed by atoms with Crippen LogP contribution in [-0.4, -0.2) is 33.4 Å². The molecule has 1 heterocycles. The van der Waals surface area contributed by atoms with E-state index in [2.05, 4.69) is 5.32 Å². The summed E-state index contributed by atoms with van der Waals surface area (Å²) < 4.78 is 28.1. The largest absolute Gasteiger partial charge is 0.492 e. The van der Waals surface area contributed by atoms with Crippen LogP contribution >= 0.6 is 0 Å². The van der Waals surface area contributed by atoms with Gasteiger partial charge in [0.2, 0.25) is 21.8 Å². The van der Waals surface area contributed by atoms with Gasteiger partial charge < -0.3 is 15.0 Å². The Morgan fingerprint density at radius 3 is 2.72 bits per heavy atom. The number of hydrogen-bond acceptors (Lipinski definition) is 5. The van der Waals surface area contributed by atoms with Crippen molar-refractivity contribution in [3.63, 3.8) is 0 Å². The second-order valence-electron chi connectivity index (χ2n) is 6.80. The maximum absolute atomic E-state index is 12.7. The van der Waals surface area contributed by atoms with Gasteiger partial charge in [-0.2, -0.15) is 0 Å². The number of para-hydroxylation sites is 2. The molecule has 9 heteroatoms. The van der Waals surface area contributed by atoms with Crippen LogP contribution in [0.2, 0.25) is 0 Å². The summed E-state index contributed by atoms with van der Waals surface area (Å²) >= 11 is 0. The van der Waals surface area contributed by atoms with Crippen molar-refractivity contribution in [1.29, 1.82) is 0 Å². The highest BCUT2D eigenvalue weighted by atomic mass is 32.2. The molecule has 0 radical (unpaired) electrons. The lowest BCUT2D eigenvalue weighted by molar-refractivity contribution is -0.122. The number of amides is 2. The van der Waals surface area contributed by atoms with E-state index in [9.17, 15) is 18.0 Å². The van der Waals surface area contributed by atoms with Gasteiger partial charge in [0.05, 0.1) is 24.0 Å². The summed E-state index contributed by atoms with van der Waals surface area (Å²) in [6.07, 6.45) is 0.0865. The minimum absolute atomic E-state index is 0.0865. The fourth-order valence-corrected chi connectivity index (χ4v) is 3.93. The van der Waals surface area contributed by atoms with Crippen molar-refractivity contribution >= 4 is 33.2 Å². The smallest absolute Gasteiger partial charge is 0.229 e. The Morgan fingerprint density at radius 1 is 1.24 bits per heavy atom. The van der Waals surface area contributed by atoms with E-state index in [1.54, 1.807) is 41.3 Å². The highest BCUT2D eigenvalue weighted by Crippen LogP contribution is 2.33. The highest BCUT2D eigenvalue weighted by molar-refractivity contribution is 7.88. The number of anilines is 2. The molecule has 1 aliphatic rings. The molecule has 0 aromatic heterocycles. The Hall–Kier alpha value is -2.91. The van der Waals surface area contributed by atoms with Crippen molar-refractivity contribution in [1.82, 2.24) is 0 Å². The maximum atomic E-state index is 12.7. The summed E-state index contributed by atoms with van der Waals surface area (Å²) in [4.78, 5) is 26.8. The van der Waals surface area contributed by atoms with Crippen molar-refractivity contribution < 1.29 is 22.7 Å². The molecule has 1 unspecified atom stereocenters. The molecule has 0 spiro atoms. The quantitative estimate of drug-likeness (QED) is 0.713. The Balaban J connectivity index is 1.71. The molecule has 0 saturated carbocycles. The minimum Gasteiger partial charge on any atom is -0.492 e. The summed E-state index contributed by atoms with van der Waals surface area (Å²) in [5.41, 5.74) is 1.57. The predicted molar refractivity (Wildman–Crippen MR) is 110 cm³/mol. The molecule has 29 heavy (non-hydrogen) atoms. The molecule has 1 fully saturated rings. The Kier molecular flexibility index (Phi) is 6.19. The van der Waals surface area contributed by atoms with Crippen molar-refractivity contribution in [2.24, 2.45) is 11.1 Å². The van der Waals surface area contributed by atoms with Crippen LogP contribution in [0.1, 0.15) is 18.9 Å². The summed E-state index contributed by atoms with van der Waals surface area (Å²) in [5, 5.41) is 7.83. The van der Waals surface area contributed by atoms with E-state index in [0.717, 1.165) is 0 Å². The van der Waals surface area contributed by atoms with Gasteiger partial charge in [0.25, 0.3) is 0 Å². The molecule has 3 N–H and O–H groups in total. The van der Waals surface area contributed by atoms with Gasteiger partial charge in [0, 0.05) is 18.7 Å².